The van der Waals surface area contributed by atoms with Crippen molar-refractivity contribution in [2.75, 3.05) is 0 Å². The molecule has 0 amide bonds. The van der Waals surface area contributed by atoms with Gasteiger partial charge in [-0.2, -0.15) is 0 Å². The number of benzene rings is 1. The quantitative estimate of drug-likeness (QED) is 0.804. The first kappa shape index (κ1) is 14.2. The molecular weight excluding hydrogens is 234 g/mol. The van der Waals surface area contributed by atoms with Crippen LogP contribution in [0.1, 0.15) is 26.5 Å². The number of rotatable bonds is 2. The van der Waals surface area contributed by atoms with Crippen LogP contribution in [0.25, 0.3) is 11.3 Å². The average molecular weight is 250 g/mol. The molecule has 0 fully saturated rings. The van der Waals surface area contributed by atoms with Gasteiger partial charge >= 0.3 is 0 Å². The predicted octanol–water partition coefficient (Wildman–Crippen LogP) is 4.01. The highest BCUT2D eigenvalue weighted by atomic mass is 19.1. The molecule has 0 saturated heterocycles. The summed E-state index contributed by atoms with van der Waals surface area (Å²) in [6, 6.07) is 3.40. The average Bonchev–Trinajstić information content (AvgIpc) is 2.41. The summed E-state index contributed by atoms with van der Waals surface area (Å²) in [7, 11) is 0. The Kier molecular flexibility index (Phi) is 5.36. The molecule has 18 heavy (non-hydrogen) atoms. The fourth-order valence-corrected chi connectivity index (χ4v) is 1.37. The number of nitrogens with zero attached hydrogens (tertiary/aromatic N) is 2. The molecule has 1 aromatic heterocycles. The van der Waals surface area contributed by atoms with Crippen LogP contribution in [0.4, 0.5) is 8.78 Å². The van der Waals surface area contributed by atoms with E-state index < -0.39 is 11.6 Å². The van der Waals surface area contributed by atoms with E-state index in [1.807, 2.05) is 20.8 Å². The fourth-order valence-electron chi connectivity index (χ4n) is 1.37. The molecule has 2 aromatic rings. The lowest BCUT2D eigenvalue weighted by Gasteiger charge is -2.02. The van der Waals surface area contributed by atoms with Crippen LogP contribution in [0.5, 0.6) is 0 Å². The van der Waals surface area contributed by atoms with Gasteiger partial charge in [-0.3, -0.25) is 9.97 Å². The molecule has 0 bridgehead atoms. The second-order valence-corrected chi connectivity index (χ2v) is 3.37. The van der Waals surface area contributed by atoms with Gasteiger partial charge in [0.05, 0.1) is 17.6 Å². The van der Waals surface area contributed by atoms with Gasteiger partial charge < -0.3 is 0 Å². The zero-order valence-electron chi connectivity index (χ0n) is 10.7. The van der Waals surface area contributed by atoms with Crippen molar-refractivity contribution >= 4 is 0 Å². The van der Waals surface area contributed by atoms with Crippen molar-refractivity contribution in [2.45, 2.75) is 27.2 Å². The Morgan fingerprint density at radius 3 is 2.28 bits per heavy atom. The Morgan fingerprint density at radius 1 is 1.06 bits per heavy atom. The Bertz CT molecular complexity index is 496. The summed E-state index contributed by atoms with van der Waals surface area (Å²) >= 11 is 0. The number of aryl methyl sites for hydroxylation is 1. The maximum absolute atomic E-state index is 13.4. The molecule has 2 nitrogen and oxygen atoms in total. The summed E-state index contributed by atoms with van der Waals surface area (Å²) in [6.07, 6.45) is 3.87. The first-order valence-electron chi connectivity index (χ1n) is 5.97. The molecule has 96 valence electrons. The molecule has 0 saturated carbocycles. The Labute approximate surface area is 106 Å². The minimum absolute atomic E-state index is 0.261. The van der Waals surface area contributed by atoms with Crippen molar-refractivity contribution in [1.29, 1.82) is 0 Å². The van der Waals surface area contributed by atoms with Gasteiger partial charge in [-0.15, -0.1) is 0 Å². The summed E-state index contributed by atoms with van der Waals surface area (Å²) in [5.41, 5.74) is 1.51. The maximum atomic E-state index is 13.4. The lowest BCUT2D eigenvalue weighted by molar-refractivity contribution is 0.585. The molecule has 0 unspecified atom stereocenters. The van der Waals surface area contributed by atoms with Crippen molar-refractivity contribution in [3.05, 3.63) is 47.9 Å². The normalized spacial score (nSPS) is 9.61. The van der Waals surface area contributed by atoms with Gasteiger partial charge in [0, 0.05) is 17.8 Å². The molecule has 4 heteroatoms. The van der Waals surface area contributed by atoms with Crippen molar-refractivity contribution in [2.24, 2.45) is 0 Å². The summed E-state index contributed by atoms with van der Waals surface area (Å²) in [4.78, 5) is 8.20. The fraction of sp³-hybridized carbons (Fsp3) is 0.286. The van der Waals surface area contributed by atoms with E-state index in [2.05, 4.69) is 9.97 Å². The van der Waals surface area contributed by atoms with Crippen LogP contribution in [-0.2, 0) is 6.42 Å². The minimum Gasteiger partial charge on any atom is -0.257 e. The lowest BCUT2D eigenvalue weighted by Crippen LogP contribution is -1.93. The maximum Gasteiger partial charge on any atom is 0.135 e. The zero-order valence-corrected chi connectivity index (χ0v) is 10.7. The van der Waals surface area contributed by atoms with Gasteiger partial charge in [0.1, 0.15) is 11.6 Å². The molecular formula is C14H16F2N2. The van der Waals surface area contributed by atoms with Crippen LogP contribution >= 0.6 is 0 Å². The van der Waals surface area contributed by atoms with Crippen molar-refractivity contribution in [1.82, 2.24) is 9.97 Å². The largest absolute Gasteiger partial charge is 0.257 e. The third-order valence-electron chi connectivity index (χ3n) is 2.27. The van der Waals surface area contributed by atoms with E-state index in [-0.39, 0.29) is 5.56 Å². The minimum atomic E-state index is -0.626. The molecule has 0 aliphatic rings. The predicted molar refractivity (Wildman–Crippen MR) is 68.1 cm³/mol. The molecule has 0 N–H and O–H groups in total. The van der Waals surface area contributed by atoms with Crippen LogP contribution in [0.2, 0.25) is 0 Å². The van der Waals surface area contributed by atoms with Crippen LogP contribution in [0.15, 0.2) is 30.6 Å². The van der Waals surface area contributed by atoms with E-state index in [1.165, 1.54) is 18.3 Å². The summed E-state index contributed by atoms with van der Waals surface area (Å²) in [6.45, 7) is 5.96. The summed E-state index contributed by atoms with van der Waals surface area (Å²) in [5, 5.41) is 0. The van der Waals surface area contributed by atoms with Gasteiger partial charge in [0.2, 0.25) is 0 Å². The van der Waals surface area contributed by atoms with Crippen LogP contribution < -0.4 is 0 Å². The van der Waals surface area contributed by atoms with Crippen LogP contribution in [-0.4, -0.2) is 9.97 Å². The lowest BCUT2D eigenvalue weighted by atomic mass is 10.1. The summed E-state index contributed by atoms with van der Waals surface area (Å²) < 4.78 is 26.1. The van der Waals surface area contributed by atoms with E-state index in [0.29, 0.717) is 5.69 Å². The SMILES string of the molecule is CC.CCc1cnc(-c2ccc(F)cc2F)cn1. The van der Waals surface area contributed by atoms with E-state index in [4.69, 9.17) is 0 Å². The van der Waals surface area contributed by atoms with E-state index in [1.54, 1.807) is 6.20 Å². The molecule has 1 heterocycles. The van der Waals surface area contributed by atoms with Crippen molar-refractivity contribution in [3.8, 4) is 11.3 Å². The monoisotopic (exact) mass is 250 g/mol. The molecule has 0 atom stereocenters. The number of halogens is 2. The van der Waals surface area contributed by atoms with Gasteiger partial charge in [-0.05, 0) is 18.6 Å². The molecule has 0 aliphatic carbocycles. The van der Waals surface area contributed by atoms with Crippen LogP contribution in [0.3, 0.4) is 0 Å². The third kappa shape index (κ3) is 3.32. The van der Waals surface area contributed by atoms with Gasteiger partial charge in [-0.1, -0.05) is 20.8 Å². The Balaban J connectivity index is 0.000000771. The molecule has 1 aromatic carbocycles. The first-order chi connectivity index (χ1) is 8.70. The van der Waals surface area contributed by atoms with Gasteiger partial charge in [0.25, 0.3) is 0 Å². The van der Waals surface area contributed by atoms with Crippen molar-refractivity contribution < 1.29 is 8.78 Å². The van der Waals surface area contributed by atoms with E-state index in [9.17, 15) is 8.78 Å². The molecule has 2 rings (SSSR count). The van der Waals surface area contributed by atoms with Gasteiger partial charge in [0.15, 0.2) is 0 Å². The smallest absolute Gasteiger partial charge is 0.135 e. The Hall–Kier alpha value is -1.84. The highest BCUT2D eigenvalue weighted by molar-refractivity contribution is 5.58. The topological polar surface area (TPSA) is 25.8 Å². The van der Waals surface area contributed by atoms with Crippen LogP contribution in [0, 0.1) is 11.6 Å². The first-order valence-corrected chi connectivity index (χ1v) is 5.97. The standard InChI is InChI=1S/C12H10F2N2.C2H6/c1-2-9-6-16-12(7-15-9)10-4-3-8(13)5-11(10)14;1-2/h3-7H,2H2,1H3;1-2H3. The van der Waals surface area contributed by atoms with E-state index >= 15 is 0 Å². The second-order valence-electron chi connectivity index (χ2n) is 3.37. The number of hydrogen-bond acceptors (Lipinski definition) is 2. The van der Waals surface area contributed by atoms with E-state index in [0.717, 1.165) is 18.2 Å². The molecule has 0 spiro atoms. The Morgan fingerprint density at radius 2 is 1.78 bits per heavy atom. The highest BCUT2D eigenvalue weighted by Crippen LogP contribution is 2.20. The second kappa shape index (κ2) is 6.79. The zero-order chi connectivity index (χ0) is 13.5. The molecule has 0 radical (unpaired) electrons. The third-order valence-corrected chi connectivity index (χ3v) is 2.27. The molecule has 0 aliphatic heterocycles. The highest BCUT2D eigenvalue weighted by Gasteiger charge is 2.07. The van der Waals surface area contributed by atoms with Gasteiger partial charge in [-0.25, -0.2) is 8.78 Å². The number of hydrogen-bond donors (Lipinski definition) is 0. The number of aromatic nitrogens is 2. The summed E-state index contributed by atoms with van der Waals surface area (Å²) in [5.74, 6) is -1.22. The van der Waals surface area contributed by atoms with Crippen molar-refractivity contribution in [3.63, 3.8) is 0 Å².